The van der Waals surface area contributed by atoms with Crippen molar-refractivity contribution in [3.8, 4) is 10.8 Å². The van der Waals surface area contributed by atoms with Crippen molar-refractivity contribution in [1.29, 1.82) is 0 Å². The molecule has 2 N–H and O–H groups in total. The van der Waals surface area contributed by atoms with Crippen molar-refractivity contribution < 1.29 is 4.52 Å². The second-order valence-corrected chi connectivity index (χ2v) is 6.06. The van der Waals surface area contributed by atoms with Gasteiger partial charge in [-0.3, -0.25) is 0 Å². The second-order valence-electron chi connectivity index (χ2n) is 4.94. The molecule has 2 aromatic rings. The van der Waals surface area contributed by atoms with E-state index >= 15 is 0 Å². The fourth-order valence-electron chi connectivity index (χ4n) is 2.65. The first-order valence-electron chi connectivity index (χ1n) is 6.45. The van der Waals surface area contributed by atoms with E-state index < -0.39 is 0 Å². The van der Waals surface area contributed by atoms with Gasteiger partial charge in [-0.15, -0.1) is 11.3 Å². The molecule has 18 heavy (non-hydrogen) atoms. The molecule has 1 aliphatic rings. The molecule has 1 saturated carbocycles. The highest BCUT2D eigenvalue weighted by atomic mass is 32.1. The predicted molar refractivity (Wildman–Crippen MR) is 72.4 cm³/mol. The van der Waals surface area contributed by atoms with E-state index in [2.05, 4.69) is 17.1 Å². The molecule has 2 heterocycles. The van der Waals surface area contributed by atoms with Crippen LogP contribution in [0.25, 0.3) is 10.8 Å². The molecule has 0 saturated heterocycles. The fraction of sp³-hybridized carbons (Fsp3) is 0.538. The minimum Gasteiger partial charge on any atom is -0.391 e. The van der Waals surface area contributed by atoms with E-state index in [9.17, 15) is 0 Å². The first-order valence-corrected chi connectivity index (χ1v) is 7.27. The third kappa shape index (κ3) is 2.14. The van der Waals surface area contributed by atoms with Crippen LogP contribution in [0.2, 0.25) is 0 Å². The Bertz CT molecular complexity index is 534. The molecule has 0 aromatic carbocycles. The van der Waals surface area contributed by atoms with Gasteiger partial charge in [0.15, 0.2) is 5.82 Å². The molecule has 0 aliphatic heterocycles. The summed E-state index contributed by atoms with van der Waals surface area (Å²) in [5.41, 5.74) is 5.71. The Morgan fingerprint density at radius 3 is 3.00 bits per heavy atom. The monoisotopic (exact) mass is 263 g/mol. The molecule has 1 fully saturated rings. The van der Waals surface area contributed by atoms with Gasteiger partial charge >= 0.3 is 0 Å². The normalized spacial score (nSPS) is 23.6. The summed E-state index contributed by atoms with van der Waals surface area (Å²) in [7, 11) is 0. The first-order chi connectivity index (χ1) is 8.76. The Balaban J connectivity index is 1.78. The Morgan fingerprint density at radius 1 is 1.44 bits per heavy atom. The van der Waals surface area contributed by atoms with Gasteiger partial charge in [-0.2, -0.15) is 4.98 Å². The van der Waals surface area contributed by atoms with Crippen LogP contribution in [0.4, 0.5) is 5.00 Å². The number of nitrogen functional groups attached to an aromatic ring is 1. The van der Waals surface area contributed by atoms with Crippen LogP contribution < -0.4 is 5.73 Å². The molecule has 2 atom stereocenters. The third-order valence-corrected chi connectivity index (χ3v) is 4.67. The van der Waals surface area contributed by atoms with Crippen LogP contribution in [-0.4, -0.2) is 10.1 Å². The fourth-order valence-corrected chi connectivity index (χ4v) is 3.35. The average molecular weight is 263 g/mol. The summed E-state index contributed by atoms with van der Waals surface area (Å²) in [6, 6.07) is 3.80. The zero-order valence-corrected chi connectivity index (χ0v) is 11.2. The van der Waals surface area contributed by atoms with E-state index in [0.717, 1.165) is 21.6 Å². The lowest BCUT2D eigenvalue weighted by molar-refractivity contribution is 0.414. The zero-order chi connectivity index (χ0) is 12.5. The molecular weight excluding hydrogens is 246 g/mol. The summed E-state index contributed by atoms with van der Waals surface area (Å²) in [5, 5.41) is 4.91. The van der Waals surface area contributed by atoms with Gasteiger partial charge < -0.3 is 10.3 Å². The molecule has 0 radical (unpaired) electrons. The number of nitrogens with zero attached hydrogens (tertiary/aromatic N) is 2. The number of hydrogen-bond acceptors (Lipinski definition) is 5. The third-order valence-electron chi connectivity index (χ3n) is 3.76. The smallest absolute Gasteiger partial charge is 0.268 e. The van der Waals surface area contributed by atoms with Gasteiger partial charge in [-0.1, -0.05) is 18.5 Å². The molecule has 0 bridgehead atoms. The van der Waals surface area contributed by atoms with Crippen LogP contribution in [0.5, 0.6) is 0 Å². The van der Waals surface area contributed by atoms with Crippen LogP contribution in [0.15, 0.2) is 16.7 Å². The highest BCUT2D eigenvalue weighted by Crippen LogP contribution is 2.39. The Kier molecular flexibility index (Phi) is 3.07. The minimum atomic E-state index is 0.477. The van der Waals surface area contributed by atoms with Crippen molar-refractivity contribution in [2.24, 2.45) is 5.92 Å². The number of thiophene rings is 1. The summed E-state index contributed by atoms with van der Waals surface area (Å²) in [6.45, 7) is 2.25. The number of nitrogens with two attached hydrogens (primary N) is 1. The van der Waals surface area contributed by atoms with E-state index in [4.69, 9.17) is 10.3 Å². The van der Waals surface area contributed by atoms with Crippen LogP contribution in [-0.2, 0) is 0 Å². The number of hydrogen-bond donors (Lipinski definition) is 1. The van der Waals surface area contributed by atoms with E-state index in [0.29, 0.717) is 11.8 Å². The highest BCUT2D eigenvalue weighted by Gasteiger charge is 2.28. The average Bonchev–Trinajstić information content (AvgIpc) is 3.07. The van der Waals surface area contributed by atoms with Crippen LogP contribution >= 0.6 is 11.3 Å². The largest absolute Gasteiger partial charge is 0.391 e. The van der Waals surface area contributed by atoms with E-state index in [1.807, 2.05) is 12.1 Å². The summed E-state index contributed by atoms with van der Waals surface area (Å²) in [6.07, 6.45) is 4.92. The van der Waals surface area contributed by atoms with Crippen molar-refractivity contribution in [2.45, 2.75) is 38.5 Å². The van der Waals surface area contributed by atoms with Gasteiger partial charge in [0.05, 0.1) is 9.88 Å². The van der Waals surface area contributed by atoms with E-state index in [1.54, 1.807) is 0 Å². The van der Waals surface area contributed by atoms with Gasteiger partial charge in [0, 0.05) is 5.92 Å². The molecule has 3 rings (SSSR count). The summed E-state index contributed by atoms with van der Waals surface area (Å²) in [5.74, 6) is 2.78. The molecule has 2 aromatic heterocycles. The number of anilines is 1. The van der Waals surface area contributed by atoms with Gasteiger partial charge in [0.25, 0.3) is 5.89 Å². The lowest BCUT2D eigenvalue weighted by Crippen LogP contribution is -1.97. The maximum Gasteiger partial charge on any atom is 0.268 e. The van der Waals surface area contributed by atoms with Gasteiger partial charge in [0.1, 0.15) is 0 Å². The second kappa shape index (κ2) is 4.72. The molecule has 1 aliphatic carbocycles. The Hall–Kier alpha value is -1.36. The summed E-state index contributed by atoms with van der Waals surface area (Å²) < 4.78 is 5.34. The van der Waals surface area contributed by atoms with Crippen LogP contribution in [0.3, 0.4) is 0 Å². The number of aromatic nitrogens is 2. The van der Waals surface area contributed by atoms with E-state index in [-0.39, 0.29) is 0 Å². The lowest BCUT2D eigenvalue weighted by atomic mass is 10.0. The highest BCUT2D eigenvalue weighted by molar-refractivity contribution is 7.19. The van der Waals surface area contributed by atoms with Crippen molar-refractivity contribution >= 4 is 16.3 Å². The maximum absolute atomic E-state index is 5.71. The van der Waals surface area contributed by atoms with Crippen molar-refractivity contribution in [1.82, 2.24) is 10.1 Å². The van der Waals surface area contributed by atoms with Crippen molar-refractivity contribution in [2.75, 3.05) is 5.73 Å². The Morgan fingerprint density at radius 2 is 2.33 bits per heavy atom. The van der Waals surface area contributed by atoms with Gasteiger partial charge in [-0.25, -0.2) is 0 Å². The SMILES string of the molecule is CCC1CCC(c2noc(-c3ccc(N)s3)n2)C1. The molecule has 4 nitrogen and oxygen atoms in total. The van der Waals surface area contributed by atoms with Crippen molar-refractivity contribution in [3.63, 3.8) is 0 Å². The molecule has 5 heteroatoms. The Labute approximate surface area is 110 Å². The van der Waals surface area contributed by atoms with Crippen LogP contribution in [0, 0.1) is 5.92 Å². The topological polar surface area (TPSA) is 64.9 Å². The molecular formula is C13H17N3OS. The van der Waals surface area contributed by atoms with Gasteiger partial charge in [-0.05, 0) is 37.3 Å². The van der Waals surface area contributed by atoms with Crippen LogP contribution in [0.1, 0.15) is 44.3 Å². The van der Waals surface area contributed by atoms with Crippen molar-refractivity contribution in [3.05, 3.63) is 18.0 Å². The standard InChI is InChI=1S/C13H17N3OS/c1-2-8-3-4-9(7-8)12-15-13(17-16-12)10-5-6-11(14)18-10/h5-6,8-9H,2-4,7,14H2,1H3. The molecule has 0 amide bonds. The first kappa shape index (κ1) is 11.7. The van der Waals surface area contributed by atoms with E-state index in [1.165, 1.54) is 37.0 Å². The number of rotatable bonds is 3. The zero-order valence-electron chi connectivity index (χ0n) is 10.4. The molecule has 96 valence electrons. The summed E-state index contributed by atoms with van der Waals surface area (Å²) in [4.78, 5) is 5.48. The lowest BCUT2D eigenvalue weighted by Gasteiger charge is -2.04. The quantitative estimate of drug-likeness (QED) is 0.917. The molecule has 2 unspecified atom stereocenters. The maximum atomic E-state index is 5.71. The molecule has 0 spiro atoms. The summed E-state index contributed by atoms with van der Waals surface area (Å²) >= 11 is 1.48. The predicted octanol–water partition coefficient (Wildman–Crippen LogP) is 3.67. The van der Waals surface area contributed by atoms with Gasteiger partial charge in [0.2, 0.25) is 0 Å². The minimum absolute atomic E-state index is 0.477.